The van der Waals surface area contributed by atoms with Gasteiger partial charge in [-0.1, -0.05) is 222 Å². The van der Waals surface area contributed by atoms with Crippen LogP contribution in [-0.2, 0) is 0 Å². The first-order valence-corrected chi connectivity index (χ1v) is 100.0. The Morgan fingerprint density at radius 2 is 0.312 bits per heavy atom. The zero-order valence-electron chi connectivity index (χ0n) is 74.9. The zero-order valence-corrected chi connectivity index (χ0v) is 97.5. The molecule has 0 N–H and O–H groups in total. The second kappa shape index (κ2) is 27.5. The molecule has 8 aliphatic rings. The van der Waals surface area contributed by atoms with Crippen molar-refractivity contribution < 1.29 is 0 Å². The van der Waals surface area contributed by atoms with Crippen molar-refractivity contribution in [2.45, 2.75) is 306 Å². The van der Waals surface area contributed by atoms with E-state index in [1.54, 1.807) is 84.5 Å². The van der Waals surface area contributed by atoms with E-state index in [-0.39, 0.29) is 0 Å². The molecule has 8 nitrogen and oxygen atoms in total. The molecule has 32 heteroatoms. The van der Waals surface area contributed by atoms with E-state index >= 15 is 0 Å². The normalized spacial score (nSPS) is 25.4. The number of thiophene rings is 8. The van der Waals surface area contributed by atoms with Gasteiger partial charge in [0.2, 0.25) is 0 Å². The molecule has 8 bridgehead atoms. The smallest absolute Gasteiger partial charge is 0.141 e. The van der Waals surface area contributed by atoms with Crippen LogP contribution in [0.4, 0.5) is 45.5 Å². The van der Waals surface area contributed by atoms with Crippen molar-refractivity contribution in [3.8, 4) is 68.3 Å². The van der Waals surface area contributed by atoms with E-state index in [2.05, 4.69) is 371 Å². The Hall–Kier alpha value is -0.530. The van der Waals surface area contributed by atoms with Crippen LogP contribution in [0.2, 0.25) is 306 Å². The molecule has 0 unspecified atom stereocenters. The van der Waals surface area contributed by atoms with E-state index in [0.717, 1.165) is 0 Å². The Kier molecular flexibility index (Phi) is 20.9. The van der Waals surface area contributed by atoms with Crippen LogP contribution in [0, 0.1) is 0 Å². The molecule has 0 saturated carbocycles. The van der Waals surface area contributed by atoms with Crippen LogP contribution in [0.3, 0.4) is 0 Å². The SMILES string of the molecule is C[Si]1(C)CC[Si](C)(C)N2c3c(-c4sc(-c5ccc(-c6ccc(-c7sc(-c8sc(-c9cccs9)c9c8N8[Si](C)(C)CC[Si](C)(C)N9[Si](C)(C)CC[Si]8(C)C)c8c7N7[Si](C)(C)CC[Si](C)(C)N8[Si](C)(C)CC[Si]7(C)C)s6)s5)c5c4N4[Si](C)(C)CC[Si](C)(C)N5[Si](C)(C)CC[Si]4(C)C)sc(-c4cccs4)c3N1[Si](C)(C)CC[Si]2(C)C. The van der Waals surface area contributed by atoms with Gasteiger partial charge in [0.15, 0.2) is 0 Å². The summed E-state index contributed by atoms with van der Waals surface area (Å²) < 4.78 is 27.1. The first-order chi connectivity index (χ1) is 51.4. The third-order valence-electron chi connectivity index (χ3n) is 29.5. The van der Waals surface area contributed by atoms with Crippen molar-refractivity contribution in [1.29, 1.82) is 0 Å². The summed E-state index contributed by atoms with van der Waals surface area (Å²) in [5.41, 5.74) is 13.8. The van der Waals surface area contributed by atoms with Crippen molar-refractivity contribution in [2.75, 3.05) is 33.8 Å². The van der Waals surface area contributed by atoms with Crippen LogP contribution < -0.4 is 33.8 Å². The highest BCUT2D eigenvalue weighted by atomic mass is 32.1. The standard InChI is InChI=1S/C80H138N8S8Si16/c1-97(2)43-51-105(17,18)85-69-65(81(97)98(3,4)44-52-106(85,19)20)73(61-35-33-41-89-61)93-77(69)79-71-67(83-101(9,10)47-55-109(25,26)87(71)110(27,28)56-48-102(83,11)12)75(95-79)63-39-37-59(91-63)60-38-40-64(92-60)76-68-72(88-111(29,30)57-49-103(13,14)84(68)104(15,16)50-58-112(88,31)32)80(96-76)78-70-66(74(94-78)62-36-34-42-90-62)82-99(5,6)45-53-107(21,22)86(70)108(23,24)54-46-100(82,7)8/h33-42H,43-58H2,1-32H3. The highest BCUT2D eigenvalue weighted by Gasteiger charge is 2.62. The lowest BCUT2D eigenvalue weighted by atomic mass is 10.2. The molecule has 610 valence electrons. The fourth-order valence-electron chi connectivity index (χ4n) is 24.7. The van der Waals surface area contributed by atoms with Gasteiger partial charge in [-0.3, -0.25) is 0 Å². The van der Waals surface area contributed by atoms with Crippen molar-refractivity contribution >= 4 is 268 Å². The quantitative estimate of drug-likeness (QED) is 0.146. The fraction of sp³-hybridized carbons (Fsp3) is 0.600. The van der Waals surface area contributed by atoms with Gasteiger partial charge in [0.05, 0.1) is 84.5 Å². The summed E-state index contributed by atoms with van der Waals surface area (Å²) in [5, 5.41) is 4.80. The van der Waals surface area contributed by atoms with E-state index in [9.17, 15) is 0 Å². The van der Waals surface area contributed by atoms with E-state index in [4.69, 9.17) is 0 Å². The molecule has 112 heavy (non-hydrogen) atoms. The summed E-state index contributed by atoms with van der Waals surface area (Å²) in [6.07, 6.45) is 0. The number of hydrogen-bond donors (Lipinski definition) is 0. The van der Waals surface area contributed by atoms with E-state index in [0.29, 0.717) is 0 Å². The van der Waals surface area contributed by atoms with E-state index in [1.165, 1.54) is 126 Å². The average Bonchev–Trinajstić information content (AvgIpc) is 1.50. The summed E-state index contributed by atoms with van der Waals surface area (Å²) in [7, 11) is -32.8. The van der Waals surface area contributed by atoms with Gasteiger partial charge in [0.1, 0.15) is 132 Å². The molecule has 0 fully saturated rings. The van der Waals surface area contributed by atoms with Crippen LogP contribution in [0.1, 0.15) is 0 Å². The molecule has 0 saturated heterocycles. The van der Waals surface area contributed by atoms with Crippen molar-refractivity contribution in [3.05, 3.63) is 59.3 Å². The summed E-state index contributed by atoms with van der Waals surface area (Å²) in [5.74, 6) is 0. The molecule has 0 amide bonds. The summed E-state index contributed by atoms with van der Waals surface area (Å²) in [6.45, 7) is 91.0. The molecule has 0 aliphatic carbocycles. The molecule has 0 radical (unpaired) electrons. The first kappa shape index (κ1) is 85.0. The fourth-order valence-corrected chi connectivity index (χ4v) is 149. The lowest BCUT2D eigenvalue weighted by molar-refractivity contribution is 1.10. The number of hydrogen-bond acceptors (Lipinski definition) is 16. The molecule has 0 aromatic carbocycles. The van der Waals surface area contributed by atoms with Gasteiger partial charge < -0.3 is 33.8 Å². The molecule has 16 heterocycles. The maximum absolute atomic E-state index is 3.42. The molecular weight excluding hydrogens is 1780 g/mol. The predicted molar refractivity (Wildman–Crippen MR) is 564 cm³/mol. The van der Waals surface area contributed by atoms with Crippen molar-refractivity contribution in [1.82, 2.24) is 0 Å². The first-order valence-electron chi connectivity index (χ1n) is 42.8. The monoisotopic (exact) mass is 1910 g/mol. The average molecular weight is 1920 g/mol. The van der Waals surface area contributed by atoms with Crippen LogP contribution in [0.15, 0.2) is 59.3 Å². The number of rotatable bonds is 7. The molecular formula is C80H138N8S8Si16. The van der Waals surface area contributed by atoms with Crippen LogP contribution in [0.5, 0.6) is 0 Å². The third-order valence-corrected chi connectivity index (χ3v) is 119. The second-order valence-corrected chi connectivity index (χ2v) is 131. The topological polar surface area (TPSA) is 25.9 Å². The van der Waals surface area contributed by atoms with Gasteiger partial charge in [-0.15, -0.1) is 90.7 Å². The number of nitrogens with zero attached hydrogens (tertiary/aromatic N) is 8. The zero-order chi connectivity index (χ0) is 81.4. The lowest BCUT2D eigenvalue weighted by Gasteiger charge is -2.60. The summed E-state index contributed by atoms with van der Waals surface area (Å²) in [4.78, 5) is 22.1. The molecule has 8 aliphatic heterocycles. The Labute approximate surface area is 727 Å². The molecule has 0 atom stereocenters. The molecule has 16 rings (SSSR count). The number of anilines is 8. The summed E-state index contributed by atoms with van der Waals surface area (Å²) >= 11 is 17.6. The summed E-state index contributed by atoms with van der Waals surface area (Å²) in [6, 6.07) is 42.8. The largest absolute Gasteiger partial charge is 0.421 e. The Morgan fingerprint density at radius 1 is 0.170 bits per heavy atom. The minimum absolute atomic E-state index is 1.39. The Morgan fingerprint density at radius 3 is 0.464 bits per heavy atom. The molecule has 8 aromatic rings. The van der Waals surface area contributed by atoms with Crippen LogP contribution in [0.25, 0.3) is 68.3 Å². The maximum Gasteiger partial charge on any atom is 0.141 e. The third kappa shape index (κ3) is 13.6. The van der Waals surface area contributed by atoms with Gasteiger partial charge >= 0.3 is 0 Å². The van der Waals surface area contributed by atoms with Gasteiger partial charge in [0, 0.05) is 29.3 Å². The molecule has 8 aromatic heterocycles. The van der Waals surface area contributed by atoms with Crippen molar-refractivity contribution in [2.24, 2.45) is 0 Å². The van der Waals surface area contributed by atoms with Gasteiger partial charge in [0.25, 0.3) is 0 Å². The predicted octanol–water partition coefficient (Wildman–Crippen LogP) is 31.7. The van der Waals surface area contributed by atoms with Crippen molar-refractivity contribution in [3.63, 3.8) is 0 Å². The Balaban J connectivity index is 0.973. The van der Waals surface area contributed by atoms with Gasteiger partial charge in [-0.2, -0.15) is 0 Å². The lowest BCUT2D eigenvalue weighted by Crippen LogP contribution is -2.71. The maximum atomic E-state index is 3.42. The van der Waals surface area contributed by atoms with E-state index < -0.39 is 132 Å². The molecule has 0 spiro atoms. The Bertz CT molecular complexity index is 4570. The highest BCUT2D eigenvalue weighted by Crippen LogP contribution is 2.71. The van der Waals surface area contributed by atoms with Crippen LogP contribution >= 0.6 is 90.7 Å². The van der Waals surface area contributed by atoms with Crippen LogP contribution in [-0.4, -0.2) is 132 Å². The van der Waals surface area contributed by atoms with Gasteiger partial charge in [-0.05, 0) is 144 Å². The van der Waals surface area contributed by atoms with Gasteiger partial charge in [-0.25, -0.2) is 0 Å². The minimum Gasteiger partial charge on any atom is -0.421 e. The van der Waals surface area contributed by atoms with E-state index in [1.807, 2.05) is 22.7 Å². The highest BCUT2D eigenvalue weighted by molar-refractivity contribution is 7.34. The second-order valence-electron chi connectivity index (χ2n) is 45.8. The minimum atomic E-state index is -2.09.